The molecule has 3 heterocycles. The number of hydrogen-bond donors (Lipinski definition) is 0. The third-order valence-corrected chi connectivity index (χ3v) is 4.44. The second-order valence-electron chi connectivity index (χ2n) is 8.33. The van der Waals surface area contributed by atoms with Gasteiger partial charge in [-0.1, -0.05) is 13.8 Å². The lowest BCUT2D eigenvalue weighted by Crippen LogP contribution is -2.45. The molecule has 3 saturated heterocycles. The summed E-state index contributed by atoms with van der Waals surface area (Å²) in [6.45, 7) is 14.7. The van der Waals surface area contributed by atoms with E-state index in [1.54, 1.807) is 0 Å². The van der Waals surface area contributed by atoms with Crippen LogP contribution >= 0.6 is 0 Å². The van der Waals surface area contributed by atoms with Crippen LogP contribution in [0.5, 0.6) is 0 Å². The number of fused-ring (bicyclic) bond motifs is 1. The zero-order valence-electron chi connectivity index (χ0n) is 16.3. The van der Waals surface area contributed by atoms with Crippen LogP contribution in [0.3, 0.4) is 0 Å². The molecule has 0 bridgehead atoms. The minimum atomic E-state index is -0.698. The molecule has 3 aliphatic rings. The van der Waals surface area contributed by atoms with Gasteiger partial charge in [-0.05, 0) is 40.5 Å². The van der Waals surface area contributed by atoms with Crippen LogP contribution < -0.4 is 0 Å². The normalized spacial score (nSPS) is 40.6. The molecule has 3 aliphatic heterocycles. The van der Waals surface area contributed by atoms with Crippen LogP contribution in [0.2, 0.25) is 0 Å². The van der Waals surface area contributed by atoms with Crippen LogP contribution in [-0.2, 0) is 33.2 Å². The Bertz CT molecular complexity index is 464. The summed E-state index contributed by atoms with van der Waals surface area (Å²) < 4.78 is 41.6. The van der Waals surface area contributed by atoms with Crippen molar-refractivity contribution in [2.24, 2.45) is 5.92 Å². The molecular weight excluding hydrogens is 328 g/mol. The highest BCUT2D eigenvalue weighted by Crippen LogP contribution is 2.42. The van der Waals surface area contributed by atoms with Crippen LogP contribution in [0, 0.1) is 5.92 Å². The Morgan fingerprint density at radius 2 is 1.68 bits per heavy atom. The second kappa shape index (κ2) is 7.03. The summed E-state index contributed by atoms with van der Waals surface area (Å²) in [4.78, 5) is 0. The van der Waals surface area contributed by atoms with E-state index in [0.717, 1.165) is 0 Å². The summed E-state index contributed by atoms with van der Waals surface area (Å²) >= 11 is 0. The van der Waals surface area contributed by atoms with Crippen LogP contribution in [0.25, 0.3) is 0 Å². The van der Waals surface area contributed by atoms with Crippen molar-refractivity contribution in [1.29, 1.82) is 0 Å². The van der Waals surface area contributed by atoms with Gasteiger partial charge in [-0.15, -0.1) is 0 Å². The summed E-state index contributed by atoms with van der Waals surface area (Å²) in [7, 11) is 0. The monoisotopic (exact) mass is 360 g/mol. The molecule has 0 N–H and O–H groups in total. The third kappa shape index (κ3) is 4.53. The number of rotatable bonds is 6. The fourth-order valence-electron chi connectivity index (χ4n) is 3.42. The molecule has 0 radical (unpaired) electrons. The van der Waals surface area contributed by atoms with Gasteiger partial charge >= 0.3 is 0 Å². The van der Waals surface area contributed by atoms with Gasteiger partial charge in [0, 0.05) is 0 Å². The first-order valence-corrected chi connectivity index (χ1v) is 9.16. The van der Waals surface area contributed by atoms with E-state index in [0.29, 0.717) is 19.1 Å². The first-order valence-electron chi connectivity index (χ1n) is 9.16. The lowest BCUT2D eigenvalue weighted by Gasteiger charge is -2.30. The molecule has 0 aromatic rings. The van der Waals surface area contributed by atoms with Crippen molar-refractivity contribution in [2.75, 3.05) is 13.2 Å². The molecule has 0 saturated carbocycles. The highest BCUT2D eigenvalue weighted by atomic mass is 16.9. The van der Waals surface area contributed by atoms with Crippen molar-refractivity contribution in [3.8, 4) is 0 Å². The zero-order chi connectivity index (χ0) is 18.4. The van der Waals surface area contributed by atoms with Crippen molar-refractivity contribution in [1.82, 2.24) is 0 Å². The summed E-state index contributed by atoms with van der Waals surface area (Å²) in [5, 5.41) is 0. The fraction of sp³-hybridized carbons (Fsp3) is 1.00. The standard InChI is InChI=1S/C18H32O7/c1-10(2)8-19-11(3)21-14-13(12-9-20-17(4,5)23-12)22-16-15(14)24-18(6,7)25-16/h10-16H,8-9H2,1-7H3/t11?,12-,13+,14-,15+,16+/m0/s1. The molecule has 0 aromatic carbocycles. The molecule has 1 unspecified atom stereocenters. The first-order chi connectivity index (χ1) is 11.6. The van der Waals surface area contributed by atoms with Crippen LogP contribution in [-0.4, -0.2) is 61.8 Å². The molecule has 0 spiro atoms. The van der Waals surface area contributed by atoms with Gasteiger partial charge in [-0.3, -0.25) is 0 Å². The predicted molar refractivity (Wildman–Crippen MR) is 88.7 cm³/mol. The molecule has 3 rings (SSSR count). The average molecular weight is 360 g/mol. The quantitative estimate of drug-likeness (QED) is 0.674. The second-order valence-corrected chi connectivity index (χ2v) is 8.33. The van der Waals surface area contributed by atoms with Gasteiger partial charge in [0.15, 0.2) is 24.2 Å². The van der Waals surface area contributed by atoms with E-state index < -0.39 is 17.9 Å². The topological polar surface area (TPSA) is 64.6 Å². The Labute approximate surface area is 150 Å². The van der Waals surface area contributed by atoms with Crippen LogP contribution in [0.15, 0.2) is 0 Å². The molecule has 0 aliphatic carbocycles. The Balaban J connectivity index is 1.69. The minimum absolute atomic E-state index is 0.238. The first kappa shape index (κ1) is 19.5. The lowest BCUT2D eigenvalue weighted by molar-refractivity contribution is -0.254. The van der Waals surface area contributed by atoms with Gasteiger partial charge in [0.05, 0.1) is 13.2 Å². The fourth-order valence-corrected chi connectivity index (χ4v) is 3.42. The molecule has 6 atom stereocenters. The molecule has 3 fully saturated rings. The van der Waals surface area contributed by atoms with Crippen LogP contribution in [0.1, 0.15) is 48.5 Å². The van der Waals surface area contributed by atoms with Crippen molar-refractivity contribution in [3.05, 3.63) is 0 Å². The van der Waals surface area contributed by atoms with Gasteiger partial charge in [0.2, 0.25) is 0 Å². The summed E-state index contributed by atoms with van der Waals surface area (Å²) in [5.41, 5.74) is 0. The van der Waals surface area contributed by atoms with E-state index in [1.165, 1.54) is 0 Å². The smallest absolute Gasteiger partial charge is 0.190 e. The Morgan fingerprint density at radius 3 is 2.28 bits per heavy atom. The third-order valence-electron chi connectivity index (χ3n) is 4.44. The largest absolute Gasteiger partial charge is 0.353 e. The van der Waals surface area contributed by atoms with Gasteiger partial charge in [0.1, 0.15) is 24.4 Å². The molecule has 7 nitrogen and oxygen atoms in total. The van der Waals surface area contributed by atoms with Crippen molar-refractivity contribution in [3.63, 3.8) is 0 Å². The lowest BCUT2D eigenvalue weighted by atomic mass is 10.1. The SMILES string of the molecule is CC(C)COC(C)O[C@@H]1[C@H]2OC(C)(C)O[C@H]2O[C@@H]1[C@@H]1COC(C)(C)O1. The van der Waals surface area contributed by atoms with E-state index in [9.17, 15) is 0 Å². The maximum absolute atomic E-state index is 6.17. The minimum Gasteiger partial charge on any atom is -0.353 e. The highest BCUT2D eigenvalue weighted by molar-refractivity contribution is 4.98. The maximum atomic E-state index is 6.17. The molecular formula is C18H32O7. The summed E-state index contributed by atoms with van der Waals surface area (Å²) in [6, 6.07) is 0. The van der Waals surface area contributed by atoms with E-state index in [1.807, 2.05) is 34.6 Å². The molecule has 0 amide bonds. The van der Waals surface area contributed by atoms with E-state index in [2.05, 4.69) is 13.8 Å². The molecule has 146 valence electrons. The Kier molecular flexibility index (Phi) is 5.48. The van der Waals surface area contributed by atoms with Gasteiger partial charge in [-0.2, -0.15) is 0 Å². The van der Waals surface area contributed by atoms with Gasteiger partial charge in [-0.25, -0.2) is 0 Å². The average Bonchev–Trinajstić information content (AvgIpc) is 3.08. The maximum Gasteiger partial charge on any atom is 0.190 e. The Morgan fingerprint density at radius 1 is 0.960 bits per heavy atom. The molecule has 0 aromatic heterocycles. The zero-order valence-corrected chi connectivity index (χ0v) is 16.3. The van der Waals surface area contributed by atoms with Crippen molar-refractivity contribution >= 4 is 0 Å². The summed E-state index contributed by atoms with van der Waals surface area (Å²) in [6.07, 6.45) is -2.10. The van der Waals surface area contributed by atoms with Crippen molar-refractivity contribution in [2.45, 2.75) is 97.0 Å². The van der Waals surface area contributed by atoms with Crippen molar-refractivity contribution < 1.29 is 33.2 Å². The molecule has 7 heteroatoms. The van der Waals surface area contributed by atoms with Gasteiger partial charge < -0.3 is 33.2 Å². The predicted octanol–water partition coefficient (Wildman–Crippen LogP) is 2.42. The molecule has 25 heavy (non-hydrogen) atoms. The van der Waals surface area contributed by atoms with Gasteiger partial charge in [0.25, 0.3) is 0 Å². The van der Waals surface area contributed by atoms with E-state index in [-0.39, 0.29) is 30.7 Å². The Hall–Kier alpha value is -0.280. The van der Waals surface area contributed by atoms with E-state index in [4.69, 9.17) is 33.2 Å². The number of ether oxygens (including phenoxy) is 7. The summed E-state index contributed by atoms with van der Waals surface area (Å²) in [5.74, 6) is -0.889. The highest BCUT2D eigenvalue weighted by Gasteiger charge is 2.59. The van der Waals surface area contributed by atoms with Crippen LogP contribution in [0.4, 0.5) is 0 Å². The van der Waals surface area contributed by atoms with E-state index >= 15 is 0 Å². The number of hydrogen-bond acceptors (Lipinski definition) is 7.